The van der Waals surface area contributed by atoms with Gasteiger partial charge >= 0.3 is 6.09 Å². The molecule has 0 fully saturated rings. The van der Waals surface area contributed by atoms with Crippen molar-refractivity contribution in [2.45, 2.75) is 26.4 Å². The molecule has 16 heavy (non-hydrogen) atoms. The second-order valence-electron chi connectivity index (χ2n) is 4.03. The summed E-state index contributed by atoms with van der Waals surface area (Å²) in [7, 11) is 0. The van der Waals surface area contributed by atoms with Crippen LogP contribution in [-0.2, 0) is 14.3 Å². The average Bonchev–Trinajstić information content (AvgIpc) is 2.10. The first kappa shape index (κ1) is 14.4. The van der Waals surface area contributed by atoms with Gasteiger partial charge in [-0.25, -0.2) is 4.79 Å². The van der Waals surface area contributed by atoms with Gasteiger partial charge in [-0.1, -0.05) is 0 Å². The van der Waals surface area contributed by atoms with Crippen molar-refractivity contribution in [1.82, 2.24) is 10.6 Å². The molecule has 7 heteroatoms. The molecule has 0 saturated carbocycles. The Hall–Kier alpha value is -1.63. The minimum atomic E-state index is -0.848. The fourth-order valence-corrected chi connectivity index (χ4v) is 0.713. The van der Waals surface area contributed by atoms with E-state index < -0.39 is 23.5 Å². The standard InChI is InChI=1S/C9H17N3O4/c1-9(2,3)16-8(15)12-7(14)5-11-6(13)4-10/h4-5,10H2,1-3H3,(H,11,13)(H,12,14,15). The molecule has 4 N–H and O–H groups in total. The number of ether oxygens (including phenoxy) is 1. The Morgan fingerprint density at radius 2 is 1.75 bits per heavy atom. The molecule has 0 radical (unpaired) electrons. The minimum Gasteiger partial charge on any atom is -0.444 e. The smallest absolute Gasteiger partial charge is 0.414 e. The van der Waals surface area contributed by atoms with Crippen molar-refractivity contribution < 1.29 is 19.1 Å². The van der Waals surface area contributed by atoms with Crippen LogP contribution in [0, 0.1) is 0 Å². The number of carbonyl (C=O) groups excluding carboxylic acids is 3. The number of hydrogen-bond donors (Lipinski definition) is 3. The summed E-state index contributed by atoms with van der Waals surface area (Å²) in [5.74, 6) is -1.13. The molecule has 0 aromatic carbocycles. The highest BCUT2D eigenvalue weighted by atomic mass is 16.6. The Labute approximate surface area is 93.7 Å². The largest absolute Gasteiger partial charge is 0.444 e. The van der Waals surface area contributed by atoms with Gasteiger partial charge < -0.3 is 15.8 Å². The van der Waals surface area contributed by atoms with Crippen molar-refractivity contribution in [2.24, 2.45) is 5.73 Å². The van der Waals surface area contributed by atoms with Crippen LogP contribution in [0.3, 0.4) is 0 Å². The Kier molecular flexibility index (Phi) is 5.44. The van der Waals surface area contributed by atoms with Crippen molar-refractivity contribution in [2.75, 3.05) is 13.1 Å². The van der Waals surface area contributed by atoms with Crippen LogP contribution in [-0.4, -0.2) is 36.6 Å². The molecule has 0 rings (SSSR count). The van der Waals surface area contributed by atoms with Crippen molar-refractivity contribution in [1.29, 1.82) is 0 Å². The highest BCUT2D eigenvalue weighted by Crippen LogP contribution is 2.05. The van der Waals surface area contributed by atoms with Crippen molar-refractivity contribution in [3.05, 3.63) is 0 Å². The van der Waals surface area contributed by atoms with E-state index in [1.807, 2.05) is 5.32 Å². The van der Waals surface area contributed by atoms with E-state index in [0.717, 1.165) is 0 Å². The van der Waals surface area contributed by atoms with Gasteiger partial charge in [-0.05, 0) is 20.8 Å². The molecule has 0 bridgehead atoms. The van der Waals surface area contributed by atoms with Gasteiger partial charge in [-0.15, -0.1) is 0 Å². The zero-order chi connectivity index (χ0) is 12.8. The number of hydrogen-bond acceptors (Lipinski definition) is 5. The molecule has 0 heterocycles. The van der Waals surface area contributed by atoms with Gasteiger partial charge in [0.05, 0.1) is 13.1 Å². The van der Waals surface area contributed by atoms with Gasteiger partial charge in [-0.2, -0.15) is 0 Å². The highest BCUT2D eigenvalue weighted by Gasteiger charge is 2.18. The Morgan fingerprint density at radius 3 is 2.19 bits per heavy atom. The minimum absolute atomic E-state index is 0.209. The van der Waals surface area contributed by atoms with Crippen molar-refractivity contribution in [3.8, 4) is 0 Å². The van der Waals surface area contributed by atoms with E-state index in [9.17, 15) is 14.4 Å². The Morgan fingerprint density at radius 1 is 1.19 bits per heavy atom. The van der Waals surface area contributed by atoms with Crippen LogP contribution in [0.25, 0.3) is 0 Å². The van der Waals surface area contributed by atoms with E-state index >= 15 is 0 Å². The summed E-state index contributed by atoms with van der Waals surface area (Å²) in [4.78, 5) is 32.9. The zero-order valence-electron chi connectivity index (χ0n) is 9.62. The van der Waals surface area contributed by atoms with E-state index in [1.54, 1.807) is 20.8 Å². The topological polar surface area (TPSA) is 111 Å². The lowest BCUT2D eigenvalue weighted by atomic mass is 10.2. The molecule has 0 unspecified atom stereocenters. The fraction of sp³-hybridized carbons (Fsp3) is 0.667. The molecule has 0 saturated heterocycles. The number of imide groups is 1. The lowest BCUT2D eigenvalue weighted by Gasteiger charge is -2.19. The molecule has 0 aliphatic carbocycles. The first-order valence-corrected chi connectivity index (χ1v) is 4.74. The maximum Gasteiger partial charge on any atom is 0.414 e. The molecular formula is C9H17N3O4. The molecule has 0 aliphatic heterocycles. The van der Waals surface area contributed by atoms with Crippen LogP contribution in [0.5, 0.6) is 0 Å². The monoisotopic (exact) mass is 231 g/mol. The quantitative estimate of drug-likeness (QED) is 0.583. The molecule has 7 nitrogen and oxygen atoms in total. The SMILES string of the molecule is CC(C)(C)OC(=O)NC(=O)CNC(=O)CN. The van der Waals surface area contributed by atoms with Crippen LogP contribution >= 0.6 is 0 Å². The predicted molar refractivity (Wildman–Crippen MR) is 56.4 cm³/mol. The molecule has 0 atom stereocenters. The van der Waals surface area contributed by atoms with Crippen molar-refractivity contribution in [3.63, 3.8) is 0 Å². The van der Waals surface area contributed by atoms with Gasteiger partial charge in [0, 0.05) is 0 Å². The number of nitrogens with one attached hydrogen (secondary N) is 2. The third-order valence-corrected chi connectivity index (χ3v) is 1.27. The van der Waals surface area contributed by atoms with E-state index in [0.29, 0.717) is 0 Å². The predicted octanol–water partition coefficient (Wildman–Crippen LogP) is -0.887. The first-order chi connectivity index (χ1) is 7.24. The van der Waals surface area contributed by atoms with E-state index in [1.165, 1.54) is 0 Å². The molecule has 0 aromatic rings. The van der Waals surface area contributed by atoms with E-state index in [-0.39, 0.29) is 13.1 Å². The summed E-state index contributed by atoms with van der Waals surface area (Å²) < 4.78 is 4.83. The van der Waals surface area contributed by atoms with Gasteiger partial charge in [-0.3, -0.25) is 14.9 Å². The van der Waals surface area contributed by atoms with Crippen LogP contribution < -0.4 is 16.4 Å². The number of rotatable bonds is 3. The van der Waals surface area contributed by atoms with Gasteiger partial charge in [0.15, 0.2) is 0 Å². The number of carbonyl (C=O) groups is 3. The zero-order valence-corrected chi connectivity index (χ0v) is 9.62. The molecule has 0 aliphatic rings. The fourth-order valence-electron chi connectivity index (χ4n) is 0.713. The molecule has 92 valence electrons. The van der Waals surface area contributed by atoms with Crippen LogP contribution in [0.15, 0.2) is 0 Å². The Balaban J connectivity index is 3.88. The van der Waals surface area contributed by atoms with Crippen molar-refractivity contribution >= 4 is 17.9 Å². The van der Waals surface area contributed by atoms with Gasteiger partial charge in [0.1, 0.15) is 5.60 Å². The van der Waals surface area contributed by atoms with Gasteiger partial charge in [0.25, 0.3) is 0 Å². The maximum atomic E-state index is 11.1. The summed E-state index contributed by atoms with van der Waals surface area (Å²) in [5, 5.41) is 4.18. The average molecular weight is 231 g/mol. The molecular weight excluding hydrogens is 214 g/mol. The number of amides is 3. The van der Waals surface area contributed by atoms with Gasteiger partial charge in [0.2, 0.25) is 11.8 Å². The van der Waals surface area contributed by atoms with Crippen LogP contribution in [0.1, 0.15) is 20.8 Å². The van der Waals surface area contributed by atoms with E-state index in [2.05, 4.69) is 5.32 Å². The third kappa shape index (κ3) is 7.74. The first-order valence-electron chi connectivity index (χ1n) is 4.74. The summed E-state index contributed by atoms with van der Waals surface area (Å²) in [6.07, 6.45) is -0.848. The molecule has 0 aromatic heterocycles. The third-order valence-electron chi connectivity index (χ3n) is 1.27. The lowest BCUT2D eigenvalue weighted by molar-refractivity contribution is -0.125. The second kappa shape index (κ2) is 6.06. The molecule has 0 spiro atoms. The summed E-state index contributed by atoms with van der Waals surface area (Å²) >= 11 is 0. The van der Waals surface area contributed by atoms with Crippen LogP contribution in [0.4, 0.5) is 4.79 Å². The normalized spacial score (nSPS) is 10.5. The second-order valence-corrected chi connectivity index (χ2v) is 4.03. The highest BCUT2D eigenvalue weighted by molar-refractivity contribution is 5.94. The lowest BCUT2D eigenvalue weighted by Crippen LogP contribution is -2.43. The summed E-state index contributed by atoms with van der Waals surface area (Å²) in [6.45, 7) is 4.50. The maximum absolute atomic E-state index is 11.1. The summed E-state index contributed by atoms with van der Waals surface area (Å²) in [6, 6.07) is 0. The number of alkyl carbamates (subject to hydrolysis) is 1. The molecule has 3 amide bonds. The summed E-state index contributed by atoms with van der Waals surface area (Å²) in [5.41, 5.74) is 4.33. The van der Waals surface area contributed by atoms with E-state index in [4.69, 9.17) is 10.5 Å². The Bertz CT molecular complexity index is 283. The number of nitrogens with two attached hydrogens (primary N) is 1. The van der Waals surface area contributed by atoms with Crippen LogP contribution in [0.2, 0.25) is 0 Å².